The number of halogens is 3. The molecule has 3 N–H and O–H groups in total. The fourth-order valence-corrected chi connectivity index (χ4v) is 2.32. The monoisotopic (exact) mass is 336 g/mol. The Morgan fingerprint density at radius 2 is 1.54 bits per heavy atom. The van der Waals surface area contributed by atoms with Gasteiger partial charge in [-0.3, -0.25) is 4.79 Å². The molecular formula is C18H19F3N2O. The van der Waals surface area contributed by atoms with E-state index in [9.17, 15) is 18.0 Å². The molecule has 0 spiro atoms. The molecule has 2 aromatic carbocycles. The van der Waals surface area contributed by atoms with Crippen LogP contribution in [0.3, 0.4) is 0 Å². The van der Waals surface area contributed by atoms with Gasteiger partial charge in [-0.2, -0.15) is 13.2 Å². The lowest BCUT2D eigenvalue weighted by molar-refractivity contribution is -0.163. The standard InChI is InChI=1S/C18H19F3N2O/c1-17(22,14-10-6-3-7-11-14)16(24)23-15(18(19,20)21)12-13-8-4-2-5-9-13/h2-11,15H,12,22H2,1H3,(H,23,24). The second-order valence-electron chi connectivity index (χ2n) is 5.83. The van der Waals surface area contributed by atoms with Crippen LogP contribution in [-0.4, -0.2) is 18.1 Å². The average molecular weight is 336 g/mol. The van der Waals surface area contributed by atoms with Gasteiger partial charge in [0, 0.05) is 6.42 Å². The molecule has 0 saturated heterocycles. The highest BCUT2D eigenvalue weighted by atomic mass is 19.4. The molecule has 3 nitrogen and oxygen atoms in total. The Morgan fingerprint density at radius 1 is 1.04 bits per heavy atom. The van der Waals surface area contributed by atoms with E-state index in [2.05, 4.69) is 5.32 Å². The molecule has 24 heavy (non-hydrogen) atoms. The van der Waals surface area contributed by atoms with Crippen LogP contribution in [0.2, 0.25) is 0 Å². The highest BCUT2D eigenvalue weighted by molar-refractivity contribution is 5.87. The summed E-state index contributed by atoms with van der Waals surface area (Å²) in [6.07, 6.45) is -4.92. The van der Waals surface area contributed by atoms with Gasteiger partial charge in [-0.15, -0.1) is 0 Å². The Hall–Kier alpha value is -2.34. The van der Waals surface area contributed by atoms with Crippen molar-refractivity contribution in [2.24, 2.45) is 5.73 Å². The van der Waals surface area contributed by atoms with E-state index in [1.807, 2.05) is 0 Å². The molecule has 0 fully saturated rings. The Kier molecular flexibility index (Phi) is 5.29. The van der Waals surface area contributed by atoms with Crippen LogP contribution in [0.15, 0.2) is 60.7 Å². The van der Waals surface area contributed by atoms with Gasteiger partial charge >= 0.3 is 6.18 Å². The maximum Gasteiger partial charge on any atom is 0.408 e. The first-order valence-electron chi connectivity index (χ1n) is 7.47. The number of rotatable bonds is 5. The van der Waals surface area contributed by atoms with Crippen LogP contribution >= 0.6 is 0 Å². The molecule has 0 aromatic heterocycles. The van der Waals surface area contributed by atoms with E-state index in [4.69, 9.17) is 5.73 Å². The number of carbonyl (C=O) groups excluding carboxylic acids is 1. The van der Waals surface area contributed by atoms with Gasteiger partial charge in [0.2, 0.25) is 5.91 Å². The van der Waals surface area contributed by atoms with E-state index in [0.29, 0.717) is 11.1 Å². The van der Waals surface area contributed by atoms with E-state index >= 15 is 0 Å². The van der Waals surface area contributed by atoms with Crippen LogP contribution in [0.5, 0.6) is 0 Å². The normalized spacial score (nSPS) is 15.4. The van der Waals surface area contributed by atoms with Crippen LogP contribution in [0.25, 0.3) is 0 Å². The smallest absolute Gasteiger partial charge is 0.342 e. The minimum absolute atomic E-state index is 0.346. The number of amides is 1. The minimum Gasteiger partial charge on any atom is -0.342 e. The van der Waals surface area contributed by atoms with Crippen molar-refractivity contribution in [2.75, 3.05) is 0 Å². The number of hydrogen-bond acceptors (Lipinski definition) is 2. The first-order valence-corrected chi connectivity index (χ1v) is 7.47. The van der Waals surface area contributed by atoms with Crippen LogP contribution in [0.4, 0.5) is 13.2 Å². The maximum atomic E-state index is 13.3. The highest BCUT2D eigenvalue weighted by Gasteiger charge is 2.43. The van der Waals surface area contributed by atoms with Crippen LogP contribution in [-0.2, 0) is 16.8 Å². The number of nitrogens with two attached hydrogens (primary N) is 1. The molecule has 0 aliphatic heterocycles. The third-order valence-electron chi connectivity index (χ3n) is 3.83. The van der Waals surface area contributed by atoms with E-state index in [-0.39, 0.29) is 6.42 Å². The van der Waals surface area contributed by atoms with Crippen molar-refractivity contribution in [3.63, 3.8) is 0 Å². The summed E-state index contributed by atoms with van der Waals surface area (Å²) in [7, 11) is 0. The van der Waals surface area contributed by atoms with E-state index in [1.165, 1.54) is 6.92 Å². The van der Waals surface area contributed by atoms with Crippen molar-refractivity contribution in [3.05, 3.63) is 71.8 Å². The zero-order valence-electron chi connectivity index (χ0n) is 13.2. The molecule has 2 aromatic rings. The summed E-state index contributed by atoms with van der Waals surface area (Å²) < 4.78 is 39.9. The zero-order chi connectivity index (χ0) is 17.8. The number of hydrogen-bond donors (Lipinski definition) is 2. The number of carbonyl (C=O) groups is 1. The summed E-state index contributed by atoms with van der Waals surface area (Å²) in [5.41, 5.74) is 5.37. The van der Waals surface area contributed by atoms with Crippen molar-refractivity contribution in [3.8, 4) is 0 Å². The zero-order valence-corrected chi connectivity index (χ0v) is 13.2. The van der Waals surface area contributed by atoms with Crippen molar-refractivity contribution in [1.29, 1.82) is 0 Å². The summed E-state index contributed by atoms with van der Waals surface area (Å²) in [6, 6.07) is 14.5. The molecule has 1 amide bonds. The second-order valence-corrected chi connectivity index (χ2v) is 5.83. The van der Waals surface area contributed by atoms with Crippen LogP contribution in [0.1, 0.15) is 18.1 Å². The lowest BCUT2D eigenvalue weighted by Gasteiger charge is -2.29. The number of benzene rings is 2. The molecule has 6 heteroatoms. The Morgan fingerprint density at radius 3 is 2.04 bits per heavy atom. The van der Waals surface area contributed by atoms with Crippen molar-refractivity contribution in [1.82, 2.24) is 5.32 Å². The van der Waals surface area contributed by atoms with Crippen molar-refractivity contribution >= 4 is 5.91 Å². The average Bonchev–Trinajstić information content (AvgIpc) is 2.55. The third kappa shape index (κ3) is 4.35. The molecule has 0 radical (unpaired) electrons. The van der Waals surface area contributed by atoms with Gasteiger partial charge in [-0.25, -0.2) is 0 Å². The van der Waals surface area contributed by atoms with E-state index in [0.717, 1.165) is 0 Å². The largest absolute Gasteiger partial charge is 0.408 e. The SMILES string of the molecule is CC(N)(C(=O)NC(Cc1ccccc1)C(F)(F)F)c1ccccc1. The Balaban J connectivity index is 2.18. The number of alkyl halides is 3. The molecule has 128 valence electrons. The van der Waals surface area contributed by atoms with Crippen molar-refractivity contribution < 1.29 is 18.0 Å². The molecule has 0 aliphatic carbocycles. The molecule has 2 unspecified atom stereocenters. The van der Waals surface area contributed by atoms with Gasteiger partial charge in [-0.05, 0) is 18.1 Å². The lowest BCUT2D eigenvalue weighted by atomic mass is 9.91. The van der Waals surface area contributed by atoms with E-state index in [1.54, 1.807) is 60.7 Å². The van der Waals surface area contributed by atoms with Gasteiger partial charge in [0.25, 0.3) is 0 Å². The molecule has 0 aliphatic rings. The first-order chi connectivity index (χ1) is 11.2. The fraction of sp³-hybridized carbons (Fsp3) is 0.278. The molecule has 2 rings (SSSR count). The third-order valence-corrected chi connectivity index (χ3v) is 3.83. The topological polar surface area (TPSA) is 55.1 Å². The van der Waals surface area contributed by atoms with Crippen LogP contribution < -0.4 is 11.1 Å². The molecule has 2 atom stereocenters. The molecular weight excluding hydrogens is 317 g/mol. The van der Waals surface area contributed by atoms with Gasteiger partial charge in [0.1, 0.15) is 11.6 Å². The van der Waals surface area contributed by atoms with Gasteiger partial charge < -0.3 is 11.1 Å². The summed E-state index contributed by atoms with van der Waals surface area (Å²) in [5.74, 6) is -0.869. The summed E-state index contributed by atoms with van der Waals surface area (Å²) in [4.78, 5) is 12.4. The van der Waals surface area contributed by atoms with Gasteiger partial charge in [-0.1, -0.05) is 60.7 Å². The predicted molar refractivity (Wildman–Crippen MR) is 86.1 cm³/mol. The summed E-state index contributed by atoms with van der Waals surface area (Å²) in [6.45, 7) is 1.40. The van der Waals surface area contributed by atoms with Gasteiger partial charge in [0.15, 0.2) is 0 Å². The molecule has 0 bridgehead atoms. The highest BCUT2D eigenvalue weighted by Crippen LogP contribution is 2.25. The Bertz CT molecular complexity index is 670. The quantitative estimate of drug-likeness (QED) is 0.881. The molecule has 0 saturated carbocycles. The first kappa shape index (κ1) is 18.0. The molecule has 0 heterocycles. The van der Waals surface area contributed by atoms with Crippen molar-refractivity contribution in [2.45, 2.75) is 31.1 Å². The Labute approximate surface area is 138 Å². The van der Waals surface area contributed by atoms with Crippen LogP contribution in [0, 0.1) is 0 Å². The second kappa shape index (κ2) is 7.05. The maximum absolute atomic E-state index is 13.3. The number of nitrogens with one attached hydrogen (secondary N) is 1. The summed E-state index contributed by atoms with van der Waals surface area (Å²) >= 11 is 0. The summed E-state index contributed by atoms with van der Waals surface area (Å²) in [5, 5.41) is 2.06. The lowest BCUT2D eigenvalue weighted by Crippen LogP contribution is -2.56. The fourth-order valence-electron chi connectivity index (χ4n) is 2.32. The minimum atomic E-state index is -4.57. The predicted octanol–water partition coefficient (Wildman–Crippen LogP) is 3.15. The van der Waals surface area contributed by atoms with E-state index < -0.39 is 23.7 Å². The van der Waals surface area contributed by atoms with Gasteiger partial charge in [0.05, 0.1) is 0 Å².